The lowest BCUT2D eigenvalue weighted by atomic mass is 10.0. The molecule has 1 aromatic rings. The summed E-state index contributed by atoms with van der Waals surface area (Å²) in [6.07, 6.45) is 0.941. The van der Waals surface area contributed by atoms with Gasteiger partial charge in [0.25, 0.3) is 0 Å². The van der Waals surface area contributed by atoms with Gasteiger partial charge in [-0.05, 0) is 18.9 Å². The molecule has 2 atom stereocenters. The van der Waals surface area contributed by atoms with E-state index < -0.39 is 10.0 Å². The molecular formula is C10H18N2O2S2. The van der Waals surface area contributed by atoms with Crippen LogP contribution in [0.2, 0.25) is 0 Å². The van der Waals surface area contributed by atoms with Crippen LogP contribution in [-0.2, 0) is 10.0 Å². The maximum Gasteiger partial charge on any atom is 0.250 e. The smallest absolute Gasteiger partial charge is 0.250 e. The molecule has 0 aliphatic heterocycles. The minimum absolute atomic E-state index is 0.0710. The number of nitrogen functional groups attached to an aromatic ring is 1. The Labute approximate surface area is 101 Å². The van der Waals surface area contributed by atoms with E-state index >= 15 is 0 Å². The van der Waals surface area contributed by atoms with E-state index in [0.29, 0.717) is 11.6 Å². The van der Waals surface area contributed by atoms with Crippen molar-refractivity contribution in [1.29, 1.82) is 0 Å². The van der Waals surface area contributed by atoms with Crippen molar-refractivity contribution in [3.63, 3.8) is 0 Å². The SMILES string of the molecule is CCC(C)C(C)NS(=O)(=O)c1cc(N)cs1. The van der Waals surface area contributed by atoms with Gasteiger partial charge in [0, 0.05) is 17.1 Å². The number of sulfonamides is 1. The normalized spacial score (nSPS) is 15.9. The molecule has 2 unspecified atom stereocenters. The number of hydrogen-bond donors (Lipinski definition) is 2. The molecule has 0 radical (unpaired) electrons. The van der Waals surface area contributed by atoms with E-state index in [0.717, 1.165) is 17.8 Å². The zero-order valence-electron chi connectivity index (χ0n) is 9.73. The van der Waals surface area contributed by atoms with Crippen LogP contribution in [0.3, 0.4) is 0 Å². The quantitative estimate of drug-likeness (QED) is 0.853. The fourth-order valence-electron chi connectivity index (χ4n) is 1.24. The average Bonchev–Trinajstić information content (AvgIpc) is 2.63. The predicted molar refractivity (Wildman–Crippen MR) is 68.0 cm³/mol. The van der Waals surface area contributed by atoms with E-state index in [1.807, 2.05) is 20.8 Å². The van der Waals surface area contributed by atoms with Gasteiger partial charge < -0.3 is 5.73 Å². The van der Waals surface area contributed by atoms with Crippen molar-refractivity contribution in [3.05, 3.63) is 11.4 Å². The summed E-state index contributed by atoms with van der Waals surface area (Å²) in [4.78, 5) is 0. The Morgan fingerprint density at radius 1 is 1.50 bits per heavy atom. The molecule has 1 heterocycles. The molecule has 0 spiro atoms. The van der Waals surface area contributed by atoms with Crippen molar-refractivity contribution >= 4 is 27.0 Å². The molecule has 0 bridgehead atoms. The minimum atomic E-state index is -3.41. The Bertz CT molecular complexity index is 439. The average molecular weight is 262 g/mol. The molecule has 3 N–H and O–H groups in total. The van der Waals surface area contributed by atoms with Crippen molar-refractivity contribution in [2.45, 2.75) is 37.4 Å². The van der Waals surface area contributed by atoms with Crippen molar-refractivity contribution in [3.8, 4) is 0 Å². The Kier molecular flexibility index (Phi) is 4.35. The first-order valence-corrected chi connectivity index (χ1v) is 7.59. The zero-order chi connectivity index (χ0) is 12.3. The zero-order valence-corrected chi connectivity index (χ0v) is 11.4. The molecule has 6 heteroatoms. The van der Waals surface area contributed by atoms with Crippen molar-refractivity contribution in [1.82, 2.24) is 4.72 Å². The maximum atomic E-state index is 11.9. The summed E-state index contributed by atoms with van der Waals surface area (Å²) in [7, 11) is -3.41. The van der Waals surface area contributed by atoms with Crippen LogP contribution in [-0.4, -0.2) is 14.5 Å². The first-order chi connectivity index (χ1) is 7.36. The summed E-state index contributed by atoms with van der Waals surface area (Å²) in [5.41, 5.74) is 6.00. The van der Waals surface area contributed by atoms with Crippen LogP contribution in [0.15, 0.2) is 15.7 Å². The monoisotopic (exact) mass is 262 g/mol. The maximum absolute atomic E-state index is 11.9. The van der Waals surface area contributed by atoms with Gasteiger partial charge in [0.05, 0.1) is 0 Å². The molecule has 0 aliphatic rings. The molecule has 0 amide bonds. The topological polar surface area (TPSA) is 72.2 Å². The molecule has 92 valence electrons. The van der Waals surface area contributed by atoms with Gasteiger partial charge in [-0.15, -0.1) is 11.3 Å². The number of nitrogens with one attached hydrogen (secondary N) is 1. The third-order valence-electron chi connectivity index (χ3n) is 2.70. The third kappa shape index (κ3) is 3.20. The Morgan fingerprint density at radius 3 is 2.56 bits per heavy atom. The molecule has 4 nitrogen and oxygen atoms in total. The molecule has 0 aromatic carbocycles. The highest BCUT2D eigenvalue weighted by molar-refractivity contribution is 7.91. The lowest BCUT2D eigenvalue weighted by Crippen LogP contribution is -2.36. The highest BCUT2D eigenvalue weighted by Crippen LogP contribution is 2.22. The van der Waals surface area contributed by atoms with Crippen molar-refractivity contribution in [2.24, 2.45) is 5.92 Å². The van der Waals surface area contributed by atoms with Crippen LogP contribution >= 0.6 is 11.3 Å². The van der Waals surface area contributed by atoms with Crippen LogP contribution < -0.4 is 10.5 Å². The van der Waals surface area contributed by atoms with Crippen LogP contribution in [0, 0.1) is 5.92 Å². The molecule has 1 aromatic heterocycles. The van der Waals surface area contributed by atoms with Crippen molar-refractivity contribution < 1.29 is 8.42 Å². The summed E-state index contributed by atoms with van der Waals surface area (Å²) in [5, 5.41) is 1.63. The first-order valence-electron chi connectivity index (χ1n) is 5.23. The van der Waals surface area contributed by atoms with Gasteiger partial charge >= 0.3 is 0 Å². The minimum Gasteiger partial charge on any atom is -0.398 e. The van der Waals surface area contributed by atoms with Crippen LogP contribution in [0.4, 0.5) is 5.69 Å². The van der Waals surface area contributed by atoms with E-state index in [9.17, 15) is 8.42 Å². The summed E-state index contributed by atoms with van der Waals surface area (Å²) in [6.45, 7) is 5.94. The molecule has 0 aliphatic carbocycles. The highest BCUT2D eigenvalue weighted by atomic mass is 32.2. The summed E-state index contributed by atoms with van der Waals surface area (Å²) in [6, 6.07) is 1.41. The second-order valence-electron chi connectivity index (χ2n) is 3.99. The van der Waals surface area contributed by atoms with E-state index in [4.69, 9.17) is 5.73 Å². The molecule has 16 heavy (non-hydrogen) atoms. The third-order valence-corrected chi connectivity index (χ3v) is 5.72. The Morgan fingerprint density at radius 2 is 2.12 bits per heavy atom. The standard InChI is InChI=1S/C10H18N2O2S2/c1-4-7(2)8(3)12-16(13,14)10-5-9(11)6-15-10/h5-8,12H,4,11H2,1-3H3. The van der Waals surface area contributed by atoms with E-state index in [2.05, 4.69) is 4.72 Å². The number of rotatable bonds is 5. The van der Waals surface area contributed by atoms with Crippen LogP contribution in [0.25, 0.3) is 0 Å². The van der Waals surface area contributed by atoms with Gasteiger partial charge in [0.15, 0.2) is 0 Å². The lowest BCUT2D eigenvalue weighted by Gasteiger charge is -2.19. The van der Waals surface area contributed by atoms with Gasteiger partial charge in [-0.25, -0.2) is 13.1 Å². The number of nitrogens with two attached hydrogens (primary N) is 1. The molecule has 0 saturated heterocycles. The van der Waals surface area contributed by atoms with Gasteiger partial charge in [-0.1, -0.05) is 20.3 Å². The predicted octanol–water partition coefficient (Wildman–Crippen LogP) is 2.04. The molecule has 1 rings (SSSR count). The number of hydrogen-bond acceptors (Lipinski definition) is 4. The van der Waals surface area contributed by atoms with E-state index in [1.54, 1.807) is 5.38 Å². The largest absolute Gasteiger partial charge is 0.398 e. The molecule has 0 saturated carbocycles. The van der Waals surface area contributed by atoms with Gasteiger partial charge in [-0.3, -0.25) is 0 Å². The number of thiophene rings is 1. The lowest BCUT2D eigenvalue weighted by molar-refractivity contribution is 0.434. The van der Waals surface area contributed by atoms with E-state index in [-0.39, 0.29) is 10.3 Å². The fourth-order valence-corrected chi connectivity index (χ4v) is 3.69. The van der Waals surface area contributed by atoms with Crippen LogP contribution in [0.1, 0.15) is 27.2 Å². The van der Waals surface area contributed by atoms with Gasteiger partial charge in [-0.2, -0.15) is 0 Å². The van der Waals surface area contributed by atoms with Crippen molar-refractivity contribution in [2.75, 3.05) is 5.73 Å². The number of anilines is 1. The summed E-state index contributed by atoms with van der Waals surface area (Å²) >= 11 is 1.14. The summed E-state index contributed by atoms with van der Waals surface area (Å²) in [5.74, 6) is 0.312. The van der Waals surface area contributed by atoms with Gasteiger partial charge in [0.1, 0.15) is 4.21 Å². The molecular weight excluding hydrogens is 244 g/mol. The fraction of sp³-hybridized carbons (Fsp3) is 0.600. The second-order valence-corrected chi connectivity index (χ2v) is 6.85. The molecule has 0 fully saturated rings. The Hall–Kier alpha value is -0.590. The van der Waals surface area contributed by atoms with Gasteiger partial charge in [0.2, 0.25) is 10.0 Å². The summed E-state index contributed by atoms with van der Waals surface area (Å²) < 4.78 is 26.8. The highest BCUT2D eigenvalue weighted by Gasteiger charge is 2.21. The first kappa shape index (κ1) is 13.5. The second kappa shape index (κ2) is 5.16. The van der Waals surface area contributed by atoms with Crippen LogP contribution in [0.5, 0.6) is 0 Å². The van der Waals surface area contributed by atoms with E-state index in [1.165, 1.54) is 6.07 Å². The Balaban J connectivity index is 2.80.